The van der Waals surface area contributed by atoms with E-state index in [0.717, 1.165) is 0 Å². The summed E-state index contributed by atoms with van der Waals surface area (Å²) >= 11 is 5.98. The molecule has 32 heavy (non-hydrogen) atoms. The molecule has 0 radical (unpaired) electrons. The smallest absolute Gasteiger partial charge is 0.160 e. The van der Waals surface area contributed by atoms with Gasteiger partial charge >= 0.3 is 0 Å². The van der Waals surface area contributed by atoms with E-state index in [4.69, 9.17) is 16.3 Å². The van der Waals surface area contributed by atoms with Crippen molar-refractivity contribution in [2.45, 2.75) is 6.92 Å². The van der Waals surface area contributed by atoms with Crippen molar-refractivity contribution >= 4 is 45.2 Å². The van der Waals surface area contributed by atoms with Crippen LogP contribution in [0.25, 0.3) is 22.1 Å². The Balaban J connectivity index is 1.47. The van der Waals surface area contributed by atoms with Crippen LogP contribution in [0.1, 0.15) is 5.56 Å². The van der Waals surface area contributed by atoms with Crippen LogP contribution >= 0.6 is 11.6 Å². The summed E-state index contributed by atoms with van der Waals surface area (Å²) in [4.78, 5) is 16.7. The number of anilines is 2. The second-order valence-corrected chi connectivity index (χ2v) is 7.56. The number of ether oxygens (including phenoxy) is 1. The van der Waals surface area contributed by atoms with Crippen LogP contribution in [0.4, 0.5) is 20.3 Å². The Kier molecular flexibility index (Phi) is 4.82. The molecule has 1 N–H and O–H groups in total. The molecule has 3 heterocycles. The molecule has 5 aromatic rings. The maximum atomic E-state index is 14.9. The molecule has 2 aromatic carbocycles. The topological polar surface area (TPSA) is 77.8 Å². The predicted molar refractivity (Wildman–Crippen MR) is 118 cm³/mol. The molecule has 10 heteroatoms. The van der Waals surface area contributed by atoms with Crippen LogP contribution in [0, 0.1) is 18.6 Å². The third-order valence-electron chi connectivity index (χ3n) is 4.93. The second-order valence-electron chi connectivity index (χ2n) is 7.18. The van der Waals surface area contributed by atoms with Crippen molar-refractivity contribution < 1.29 is 13.5 Å². The van der Waals surface area contributed by atoms with Crippen molar-refractivity contribution in [1.82, 2.24) is 24.5 Å². The summed E-state index contributed by atoms with van der Waals surface area (Å²) in [6, 6.07) is 8.96. The van der Waals surface area contributed by atoms with Crippen molar-refractivity contribution in [3.05, 3.63) is 71.4 Å². The van der Waals surface area contributed by atoms with E-state index in [0.29, 0.717) is 33.4 Å². The first-order valence-corrected chi connectivity index (χ1v) is 9.89. The molecule has 0 atom stereocenters. The first kappa shape index (κ1) is 20.1. The number of hydrogen-bond donors (Lipinski definition) is 1. The van der Waals surface area contributed by atoms with E-state index in [2.05, 4.69) is 25.3 Å². The zero-order valence-corrected chi connectivity index (χ0v) is 17.7. The van der Waals surface area contributed by atoms with Gasteiger partial charge in [0, 0.05) is 25.2 Å². The van der Waals surface area contributed by atoms with Crippen LogP contribution in [-0.4, -0.2) is 24.5 Å². The molecular weight excluding hydrogens is 438 g/mol. The van der Waals surface area contributed by atoms with Crippen molar-refractivity contribution in [3.63, 3.8) is 0 Å². The largest absolute Gasteiger partial charge is 0.457 e. The van der Waals surface area contributed by atoms with E-state index in [9.17, 15) is 8.78 Å². The minimum Gasteiger partial charge on any atom is -0.457 e. The first-order valence-electron chi connectivity index (χ1n) is 9.52. The van der Waals surface area contributed by atoms with Gasteiger partial charge in [0.2, 0.25) is 0 Å². The minimum atomic E-state index is -0.584. The van der Waals surface area contributed by atoms with E-state index in [-0.39, 0.29) is 22.3 Å². The molecule has 0 saturated heterocycles. The lowest BCUT2D eigenvalue weighted by atomic mass is 10.2. The van der Waals surface area contributed by atoms with Gasteiger partial charge in [-0.2, -0.15) is 0 Å². The molecule has 7 nitrogen and oxygen atoms in total. The Morgan fingerprint density at radius 1 is 1.00 bits per heavy atom. The molecule has 0 spiro atoms. The van der Waals surface area contributed by atoms with Crippen LogP contribution in [0.5, 0.6) is 11.5 Å². The predicted octanol–water partition coefficient (Wildman–Crippen LogP) is 5.69. The molecule has 0 amide bonds. The van der Waals surface area contributed by atoms with E-state index in [1.807, 2.05) is 0 Å². The number of hydrogen-bond acceptors (Lipinski definition) is 6. The molecular formula is C22H15ClF2N6O. The zero-order valence-electron chi connectivity index (χ0n) is 16.9. The first-order chi connectivity index (χ1) is 15.4. The fraction of sp³-hybridized carbons (Fsp3) is 0.0909. The summed E-state index contributed by atoms with van der Waals surface area (Å²) < 4.78 is 36.7. The standard InChI is InChI=1S/C22H15ClF2N6O/c1-11-5-16(29-22-20-15(26-9-27-22)3-4-19(23)30-20)13(24)8-18(11)32-12-6-14(25)21-17(7-12)28-10-31(21)2/h3-10H,1-2H3,(H,26,27,29). The normalized spacial score (nSPS) is 11.3. The lowest BCUT2D eigenvalue weighted by Gasteiger charge is -2.13. The van der Waals surface area contributed by atoms with Gasteiger partial charge in [0.1, 0.15) is 39.8 Å². The Hall–Kier alpha value is -3.85. The number of imidazole rings is 1. The third-order valence-corrected chi connectivity index (χ3v) is 5.14. The monoisotopic (exact) mass is 452 g/mol. The maximum absolute atomic E-state index is 14.9. The maximum Gasteiger partial charge on any atom is 0.160 e. The number of pyridine rings is 1. The number of benzene rings is 2. The van der Waals surface area contributed by atoms with Crippen LogP contribution in [0.3, 0.4) is 0 Å². The van der Waals surface area contributed by atoms with Gasteiger partial charge < -0.3 is 14.6 Å². The van der Waals surface area contributed by atoms with Crippen LogP contribution in [0.2, 0.25) is 5.15 Å². The number of aryl methyl sites for hydroxylation is 2. The van der Waals surface area contributed by atoms with Gasteiger partial charge in [-0.1, -0.05) is 11.6 Å². The molecule has 0 aliphatic carbocycles. The summed E-state index contributed by atoms with van der Waals surface area (Å²) in [5, 5.41) is 3.21. The van der Waals surface area contributed by atoms with Crippen LogP contribution in [-0.2, 0) is 7.05 Å². The summed E-state index contributed by atoms with van der Waals surface area (Å²) in [5.74, 6) is -0.282. The SMILES string of the molecule is Cc1cc(Nc2ncnc3ccc(Cl)nc23)c(F)cc1Oc1cc(F)c2c(c1)ncn2C. The van der Waals surface area contributed by atoms with Crippen molar-refractivity contribution in [2.75, 3.05) is 5.32 Å². The summed E-state index contributed by atoms with van der Waals surface area (Å²) in [6.07, 6.45) is 2.87. The molecule has 160 valence electrons. The Morgan fingerprint density at radius 3 is 2.69 bits per heavy atom. The van der Waals surface area contributed by atoms with Crippen molar-refractivity contribution in [2.24, 2.45) is 7.05 Å². The Labute approximate surface area is 185 Å². The van der Waals surface area contributed by atoms with E-state index >= 15 is 0 Å². The molecule has 0 saturated carbocycles. The van der Waals surface area contributed by atoms with E-state index < -0.39 is 11.6 Å². The minimum absolute atomic E-state index is 0.169. The van der Waals surface area contributed by atoms with Gasteiger partial charge in [-0.3, -0.25) is 0 Å². The summed E-state index contributed by atoms with van der Waals surface area (Å²) in [7, 11) is 1.70. The van der Waals surface area contributed by atoms with Gasteiger partial charge in [0.05, 0.1) is 23.0 Å². The molecule has 3 aromatic heterocycles. The number of aromatic nitrogens is 5. The van der Waals surface area contributed by atoms with Gasteiger partial charge in [0.25, 0.3) is 0 Å². The average molecular weight is 453 g/mol. The molecule has 0 unspecified atom stereocenters. The lowest BCUT2D eigenvalue weighted by Crippen LogP contribution is -2.01. The molecule has 0 aliphatic heterocycles. The van der Waals surface area contributed by atoms with Crippen LogP contribution in [0.15, 0.2) is 49.1 Å². The van der Waals surface area contributed by atoms with Gasteiger partial charge in [-0.25, -0.2) is 28.7 Å². The second kappa shape index (κ2) is 7.69. The fourth-order valence-electron chi connectivity index (χ4n) is 3.40. The molecule has 5 rings (SSSR count). The quantitative estimate of drug-likeness (QED) is 0.353. The number of fused-ring (bicyclic) bond motifs is 2. The Morgan fingerprint density at radius 2 is 1.84 bits per heavy atom. The van der Waals surface area contributed by atoms with Gasteiger partial charge in [-0.05, 0) is 30.7 Å². The number of halogens is 3. The number of nitrogens with one attached hydrogen (secondary N) is 1. The highest BCUT2D eigenvalue weighted by atomic mass is 35.5. The fourth-order valence-corrected chi connectivity index (χ4v) is 3.55. The van der Waals surface area contributed by atoms with E-state index in [1.54, 1.807) is 42.8 Å². The average Bonchev–Trinajstić information content (AvgIpc) is 3.13. The molecule has 0 fully saturated rings. The van der Waals surface area contributed by atoms with Crippen LogP contribution < -0.4 is 10.1 Å². The van der Waals surface area contributed by atoms with Crippen molar-refractivity contribution in [1.29, 1.82) is 0 Å². The third kappa shape index (κ3) is 3.56. The lowest BCUT2D eigenvalue weighted by molar-refractivity contribution is 0.469. The zero-order chi connectivity index (χ0) is 22.4. The Bertz CT molecular complexity index is 1500. The highest BCUT2D eigenvalue weighted by Crippen LogP contribution is 2.33. The highest BCUT2D eigenvalue weighted by molar-refractivity contribution is 6.29. The van der Waals surface area contributed by atoms with Gasteiger partial charge in [0.15, 0.2) is 11.6 Å². The molecule has 0 bridgehead atoms. The van der Waals surface area contributed by atoms with E-state index in [1.165, 1.54) is 24.8 Å². The van der Waals surface area contributed by atoms with Gasteiger partial charge in [-0.15, -0.1) is 0 Å². The summed E-state index contributed by atoms with van der Waals surface area (Å²) in [5.41, 5.74) is 2.58. The summed E-state index contributed by atoms with van der Waals surface area (Å²) in [6.45, 7) is 1.75. The number of rotatable bonds is 4. The molecule has 0 aliphatic rings. The number of nitrogens with zero attached hydrogens (tertiary/aromatic N) is 5. The highest BCUT2D eigenvalue weighted by Gasteiger charge is 2.15. The van der Waals surface area contributed by atoms with Crippen molar-refractivity contribution in [3.8, 4) is 11.5 Å².